The van der Waals surface area contributed by atoms with E-state index in [4.69, 9.17) is 10.7 Å². The number of nitrogens with one attached hydrogen (secondary N) is 2. The number of nitrogens with two attached hydrogens (primary N) is 1. The SMILES string of the molecule is NC(=O)c1cccc2c(NC3C4CCC(CC4)C3C(=O)O)nc(-c3c[nH]c4ncc(F)cc34)nc12. The molecule has 3 saturated carbocycles. The molecule has 0 saturated heterocycles. The van der Waals surface area contributed by atoms with Crippen LogP contribution in [0.3, 0.4) is 0 Å². The maximum Gasteiger partial charge on any atom is 0.308 e. The average Bonchev–Trinajstić information content (AvgIpc) is 3.27. The predicted octanol–water partition coefficient (Wildman–Crippen LogP) is 3.71. The zero-order valence-corrected chi connectivity index (χ0v) is 18.7. The number of aromatic amines is 1. The first kappa shape index (κ1) is 21.5. The summed E-state index contributed by atoms with van der Waals surface area (Å²) >= 11 is 0. The van der Waals surface area contributed by atoms with E-state index in [1.165, 1.54) is 6.07 Å². The van der Waals surface area contributed by atoms with Gasteiger partial charge in [0, 0.05) is 28.6 Å². The predicted molar refractivity (Wildman–Crippen MR) is 127 cm³/mol. The first-order chi connectivity index (χ1) is 16.9. The summed E-state index contributed by atoms with van der Waals surface area (Å²) in [4.78, 5) is 40.9. The highest BCUT2D eigenvalue weighted by molar-refractivity contribution is 6.08. The van der Waals surface area contributed by atoms with Crippen LogP contribution in [0, 0.1) is 23.6 Å². The molecular formula is C25H23FN6O3. The van der Waals surface area contributed by atoms with Crippen molar-refractivity contribution < 1.29 is 19.1 Å². The van der Waals surface area contributed by atoms with Gasteiger partial charge in [-0.15, -0.1) is 0 Å². The van der Waals surface area contributed by atoms with E-state index in [1.807, 2.05) is 0 Å². The Bertz CT molecular complexity index is 1490. The summed E-state index contributed by atoms with van der Waals surface area (Å²) in [6.45, 7) is 0. The average molecular weight is 474 g/mol. The number of hydrogen-bond donors (Lipinski definition) is 4. The zero-order chi connectivity index (χ0) is 24.3. The topological polar surface area (TPSA) is 147 Å². The third-order valence-electron chi connectivity index (χ3n) is 7.54. The van der Waals surface area contributed by atoms with Crippen LogP contribution in [0.5, 0.6) is 0 Å². The van der Waals surface area contributed by atoms with Gasteiger partial charge in [-0.05, 0) is 55.7 Å². The Kier molecular flexibility index (Phi) is 4.91. The molecule has 4 aromatic rings. The van der Waals surface area contributed by atoms with Crippen molar-refractivity contribution in [3.8, 4) is 11.4 Å². The maximum absolute atomic E-state index is 14.0. The molecule has 2 bridgehead atoms. The van der Waals surface area contributed by atoms with Crippen LogP contribution in [-0.2, 0) is 4.79 Å². The van der Waals surface area contributed by atoms with Crippen LogP contribution >= 0.6 is 0 Å². The smallest absolute Gasteiger partial charge is 0.308 e. The number of para-hydroxylation sites is 1. The van der Waals surface area contributed by atoms with Crippen molar-refractivity contribution in [3.05, 3.63) is 48.0 Å². The molecule has 3 aliphatic carbocycles. The molecule has 7 rings (SSSR count). The lowest BCUT2D eigenvalue weighted by Crippen LogP contribution is -2.51. The van der Waals surface area contributed by atoms with Crippen LogP contribution in [0.1, 0.15) is 36.0 Å². The number of pyridine rings is 1. The number of aliphatic carboxylic acids is 1. The van der Waals surface area contributed by atoms with Gasteiger partial charge >= 0.3 is 5.97 Å². The van der Waals surface area contributed by atoms with E-state index in [2.05, 4.69) is 20.3 Å². The number of primary amides is 1. The van der Waals surface area contributed by atoms with Crippen LogP contribution in [0.2, 0.25) is 0 Å². The molecule has 35 heavy (non-hydrogen) atoms. The fraction of sp³-hybridized carbons (Fsp3) is 0.320. The highest BCUT2D eigenvalue weighted by atomic mass is 19.1. The molecule has 0 spiro atoms. The number of amides is 1. The molecule has 1 amide bonds. The Balaban J connectivity index is 1.54. The highest BCUT2D eigenvalue weighted by Gasteiger charge is 2.47. The van der Waals surface area contributed by atoms with Crippen molar-refractivity contribution in [2.45, 2.75) is 31.7 Å². The molecule has 2 unspecified atom stereocenters. The van der Waals surface area contributed by atoms with Gasteiger partial charge in [0.15, 0.2) is 5.82 Å². The minimum absolute atomic E-state index is 0.117. The van der Waals surface area contributed by atoms with Crippen molar-refractivity contribution in [2.24, 2.45) is 23.5 Å². The zero-order valence-electron chi connectivity index (χ0n) is 18.7. The summed E-state index contributed by atoms with van der Waals surface area (Å²) in [5, 5.41) is 14.5. The van der Waals surface area contributed by atoms with Gasteiger partial charge in [0.05, 0.1) is 23.2 Å². The monoisotopic (exact) mass is 474 g/mol. The molecule has 10 heteroatoms. The number of carboxylic acid groups (broad SMARTS) is 1. The number of carbonyl (C=O) groups is 2. The molecular weight excluding hydrogens is 451 g/mol. The number of anilines is 1. The van der Waals surface area contributed by atoms with Gasteiger partial charge in [-0.25, -0.2) is 19.3 Å². The first-order valence-electron chi connectivity index (χ1n) is 11.6. The molecule has 3 aromatic heterocycles. The van der Waals surface area contributed by atoms with E-state index in [0.29, 0.717) is 33.3 Å². The minimum atomic E-state index is -0.813. The quantitative estimate of drug-likeness (QED) is 0.345. The van der Waals surface area contributed by atoms with Gasteiger partial charge in [0.1, 0.15) is 17.3 Å². The first-order valence-corrected chi connectivity index (χ1v) is 11.6. The van der Waals surface area contributed by atoms with Crippen molar-refractivity contribution in [2.75, 3.05) is 5.32 Å². The number of carbonyl (C=O) groups excluding carboxylic acids is 1. The van der Waals surface area contributed by atoms with Gasteiger partial charge < -0.3 is 21.1 Å². The van der Waals surface area contributed by atoms with Crippen molar-refractivity contribution in [1.29, 1.82) is 0 Å². The van der Waals surface area contributed by atoms with Crippen LogP contribution in [0.4, 0.5) is 10.2 Å². The fourth-order valence-electron chi connectivity index (χ4n) is 5.91. The number of nitrogens with zero attached hydrogens (tertiary/aromatic N) is 3. The van der Waals surface area contributed by atoms with Crippen molar-refractivity contribution in [1.82, 2.24) is 19.9 Å². The van der Waals surface area contributed by atoms with Crippen molar-refractivity contribution in [3.63, 3.8) is 0 Å². The molecule has 178 valence electrons. The highest BCUT2D eigenvalue weighted by Crippen LogP contribution is 2.46. The standard InChI is InChI=1S/C25H23FN6O3/c26-13-8-16-17(10-29-22(16)28-9-13)24-31-20-14(21(27)33)2-1-3-15(20)23(32-24)30-19-12-6-4-11(5-7-12)18(19)25(34)35/h1-3,8-12,18-19H,4-7H2,(H2,27,33)(H,28,29)(H,34,35)(H,30,31,32). The lowest BCUT2D eigenvalue weighted by Gasteiger charge is -2.47. The summed E-state index contributed by atoms with van der Waals surface area (Å²) in [5.74, 6) is -1.48. The van der Waals surface area contributed by atoms with E-state index in [0.717, 1.165) is 31.9 Å². The number of rotatable bonds is 5. The second-order valence-electron chi connectivity index (χ2n) is 9.42. The lowest BCUT2D eigenvalue weighted by molar-refractivity contribution is -0.148. The number of hydrogen-bond acceptors (Lipinski definition) is 6. The molecule has 9 nitrogen and oxygen atoms in total. The summed E-state index contributed by atoms with van der Waals surface area (Å²) in [5.41, 5.74) is 7.19. The number of H-pyrrole nitrogens is 1. The van der Waals surface area contributed by atoms with E-state index >= 15 is 0 Å². The molecule has 3 fully saturated rings. The van der Waals surface area contributed by atoms with E-state index in [-0.39, 0.29) is 29.3 Å². The number of benzene rings is 1. The summed E-state index contributed by atoms with van der Waals surface area (Å²) in [6, 6.07) is 6.11. The van der Waals surface area contributed by atoms with Crippen LogP contribution in [0.15, 0.2) is 36.7 Å². The van der Waals surface area contributed by atoms with E-state index in [9.17, 15) is 19.1 Å². The summed E-state index contributed by atoms with van der Waals surface area (Å²) < 4.78 is 14.0. The number of halogens is 1. The van der Waals surface area contributed by atoms with Gasteiger partial charge in [-0.2, -0.15) is 0 Å². The number of carboxylic acids is 1. The summed E-state index contributed by atoms with van der Waals surface area (Å²) in [6.07, 6.45) is 6.50. The fourth-order valence-corrected chi connectivity index (χ4v) is 5.91. The van der Waals surface area contributed by atoms with Crippen molar-refractivity contribution >= 4 is 39.6 Å². The van der Waals surface area contributed by atoms with Crippen LogP contribution in [-0.4, -0.2) is 43.0 Å². The Morgan fingerprint density at radius 1 is 1.11 bits per heavy atom. The van der Waals surface area contributed by atoms with Crippen LogP contribution in [0.25, 0.3) is 33.3 Å². The summed E-state index contributed by atoms with van der Waals surface area (Å²) in [7, 11) is 0. The van der Waals surface area contributed by atoms with Gasteiger partial charge in [0.2, 0.25) is 0 Å². The molecule has 0 aliphatic heterocycles. The number of fused-ring (bicyclic) bond motifs is 5. The Hall–Kier alpha value is -4.08. The largest absolute Gasteiger partial charge is 0.481 e. The van der Waals surface area contributed by atoms with E-state index in [1.54, 1.807) is 24.4 Å². The lowest BCUT2D eigenvalue weighted by atomic mass is 9.61. The second kappa shape index (κ2) is 8.00. The molecule has 1 aromatic carbocycles. The maximum atomic E-state index is 14.0. The normalized spacial score (nSPS) is 23.6. The minimum Gasteiger partial charge on any atom is -0.481 e. The second-order valence-corrected chi connectivity index (χ2v) is 9.42. The Morgan fingerprint density at radius 3 is 2.63 bits per heavy atom. The Labute approximate surface area is 199 Å². The molecule has 3 aliphatic rings. The molecule has 2 atom stereocenters. The third kappa shape index (κ3) is 3.48. The third-order valence-corrected chi connectivity index (χ3v) is 7.54. The number of aromatic nitrogens is 4. The molecule has 3 heterocycles. The van der Waals surface area contributed by atoms with Gasteiger partial charge in [-0.3, -0.25) is 9.59 Å². The van der Waals surface area contributed by atoms with Crippen LogP contribution < -0.4 is 11.1 Å². The van der Waals surface area contributed by atoms with Gasteiger partial charge in [-0.1, -0.05) is 6.07 Å². The van der Waals surface area contributed by atoms with Gasteiger partial charge in [0.25, 0.3) is 5.91 Å². The Morgan fingerprint density at radius 2 is 1.89 bits per heavy atom. The van der Waals surface area contributed by atoms with E-state index < -0.39 is 23.6 Å². The molecule has 5 N–H and O–H groups in total. The molecule has 0 radical (unpaired) electrons.